The largest absolute Gasteiger partial charge is 0.203 e. The molecule has 0 heterocycles. The van der Waals surface area contributed by atoms with E-state index in [0.717, 1.165) is 30.2 Å². The summed E-state index contributed by atoms with van der Waals surface area (Å²) in [5.74, 6) is -3.86. The highest BCUT2D eigenvalue weighted by molar-refractivity contribution is 8.03. The molecule has 4 rings (SSSR count). The third-order valence-electron chi connectivity index (χ3n) is 6.25. The highest BCUT2D eigenvalue weighted by Crippen LogP contribution is 2.43. The van der Waals surface area contributed by atoms with Gasteiger partial charge in [0.1, 0.15) is 5.40 Å². The number of hydrogen-bond donors (Lipinski definition) is 0. The molecule has 1 nitrogen and oxygen atoms in total. The first kappa shape index (κ1) is 20.3. The van der Waals surface area contributed by atoms with Gasteiger partial charge in [0.2, 0.25) is 0 Å². The summed E-state index contributed by atoms with van der Waals surface area (Å²) in [6.07, 6.45) is 8.73. The molecule has 0 spiro atoms. The Kier molecular flexibility index (Phi) is 5.87. The molecule has 0 aromatic heterocycles. The van der Waals surface area contributed by atoms with Crippen LogP contribution < -0.4 is 0 Å². The van der Waals surface area contributed by atoms with Crippen LogP contribution in [-0.2, 0) is 0 Å². The molecule has 2 fully saturated rings. The molecule has 0 saturated heterocycles. The normalized spacial score (nSPS) is 21.8. The van der Waals surface area contributed by atoms with Gasteiger partial charge >= 0.3 is 0 Å². The molecule has 6 heteroatoms. The monoisotopic (exact) mass is 419 g/mol. The Morgan fingerprint density at radius 3 is 1.79 bits per heavy atom. The molecule has 2 aliphatic rings. The van der Waals surface area contributed by atoms with E-state index in [-0.39, 0.29) is 17.3 Å². The molecule has 2 aromatic carbocycles. The van der Waals surface area contributed by atoms with Crippen molar-refractivity contribution in [2.75, 3.05) is 0 Å². The van der Waals surface area contributed by atoms with Crippen LogP contribution in [0.3, 0.4) is 0 Å². The zero-order valence-electron chi connectivity index (χ0n) is 15.9. The number of hydrogen-bond acceptors (Lipinski definition) is 2. The van der Waals surface area contributed by atoms with Crippen LogP contribution in [0.5, 0.6) is 0 Å². The first-order chi connectivity index (χ1) is 14.0. The molecule has 0 amide bonds. The minimum atomic E-state index is -1.54. The topological polar surface area (TPSA) is 23.8 Å². The van der Waals surface area contributed by atoms with Gasteiger partial charge in [0.05, 0.1) is 10.5 Å². The number of benzene rings is 2. The second kappa shape index (κ2) is 8.39. The highest BCUT2D eigenvalue weighted by Gasteiger charge is 2.30. The summed E-state index contributed by atoms with van der Waals surface area (Å²) in [7, 11) is 0. The van der Waals surface area contributed by atoms with Crippen LogP contribution in [0.1, 0.15) is 56.4 Å². The zero-order chi connectivity index (χ0) is 20.5. The van der Waals surface area contributed by atoms with Crippen LogP contribution in [0.25, 0.3) is 11.1 Å². The van der Waals surface area contributed by atoms with Gasteiger partial charge in [-0.2, -0.15) is 5.26 Å². The van der Waals surface area contributed by atoms with Crippen LogP contribution >= 0.6 is 11.8 Å². The van der Waals surface area contributed by atoms with Gasteiger partial charge in [-0.15, -0.1) is 0 Å². The van der Waals surface area contributed by atoms with E-state index in [0.29, 0.717) is 5.92 Å². The van der Waals surface area contributed by atoms with Crippen LogP contribution in [-0.4, -0.2) is 0 Å². The van der Waals surface area contributed by atoms with Crippen molar-refractivity contribution in [3.8, 4) is 16.5 Å². The van der Waals surface area contributed by atoms with Gasteiger partial charge < -0.3 is 0 Å². The summed E-state index contributed by atoms with van der Waals surface area (Å²) in [5, 5.41) is 10.0. The third-order valence-corrected chi connectivity index (χ3v) is 6.91. The van der Waals surface area contributed by atoms with Crippen LogP contribution in [0.4, 0.5) is 17.6 Å². The average molecular weight is 419 g/mol. The fourth-order valence-corrected chi connectivity index (χ4v) is 4.93. The quantitative estimate of drug-likeness (QED) is 0.216. The highest BCUT2D eigenvalue weighted by atomic mass is 32.2. The van der Waals surface area contributed by atoms with Crippen molar-refractivity contribution in [3.63, 3.8) is 0 Å². The van der Waals surface area contributed by atoms with Crippen LogP contribution in [0.2, 0.25) is 0 Å². The van der Waals surface area contributed by atoms with E-state index < -0.39 is 33.7 Å². The predicted octanol–water partition coefficient (Wildman–Crippen LogP) is 7.56. The van der Waals surface area contributed by atoms with Crippen molar-refractivity contribution in [1.29, 1.82) is 5.26 Å². The molecule has 0 atom stereocenters. The van der Waals surface area contributed by atoms with Gasteiger partial charge in [0.25, 0.3) is 0 Å². The zero-order valence-corrected chi connectivity index (χ0v) is 16.7. The molecule has 0 aliphatic heterocycles. The number of halogens is 4. The number of nitrogens with zero attached hydrogens (tertiary/aromatic N) is 1. The fraction of sp³-hybridized carbons (Fsp3) is 0.435. The Morgan fingerprint density at radius 1 is 0.793 bits per heavy atom. The van der Waals surface area contributed by atoms with E-state index in [1.807, 2.05) is 0 Å². The maximum atomic E-state index is 14.4. The Morgan fingerprint density at radius 2 is 1.31 bits per heavy atom. The lowest BCUT2D eigenvalue weighted by Gasteiger charge is -2.29. The average Bonchev–Trinajstić information content (AvgIpc) is 3.55. The molecule has 0 radical (unpaired) electrons. The van der Waals surface area contributed by atoms with Crippen molar-refractivity contribution in [1.82, 2.24) is 0 Å². The van der Waals surface area contributed by atoms with E-state index >= 15 is 0 Å². The molecule has 0 bridgehead atoms. The standard InChI is InChI=1S/C23H21F4NS/c24-19-18(20(25)22(27)23(21(19)26)29-12-28)17-9-7-16(8-10-17)15-5-3-14(4-6-15)11-13-1-2-13/h7-10,13-15H,1-6,11H2. The summed E-state index contributed by atoms with van der Waals surface area (Å²) < 4.78 is 57.1. The molecule has 2 saturated carbocycles. The van der Waals surface area contributed by atoms with E-state index in [2.05, 4.69) is 0 Å². The summed E-state index contributed by atoms with van der Waals surface area (Å²) >= 11 is 0.0650. The van der Waals surface area contributed by atoms with Gasteiger partial charge in [-0.05, 0) is 72.7 Å². The molecule has 2 aromatic rings. The molecular weight excluding hydrogens is 398 g/mol. The summed E-state index contributed by atoms with van der Waals surface area (Å²) in [6.45, 7) is 0. The van der Waals surface area contributed by atoms with Crippen molar-refractivity contribution >= 4 is 11.8 Å². The molecule has 0 unspecified atom stereocenters. The van der Waals surface area contributed by atoms with Gasteiger partial charge in [-0.25, -0.2) is 17.6 Å². The Bertz CT molecular complexity index is 910. The van der Waals surface area contributed by atoms with Gasteiger partial charge in [-0.1, -0.05) is 37.1 Å². The van der Waals surface area contributed by atoms with Crippen molar-refractivity contribution in [3.05, 3.63) is 53.1 Å². The van der Waals surface area contributed by atoms with Crippen LogP contribution in [0, 0.1) is 45.8 Å². The lowest BCUT2D eigenvalue weighted by Crippen LogP contribution is -2.13. The van der Waals surface area contributed by atoms with Gasteiger partial charge in [-0.3, -0.25) is 0 Å². The van der Waals surface area contributed by atoms with Gasteiger partial charge in [0, 0.05) is 0 Å². The lowest BCUT2D eigenvalue weighted by atomic mass is 9.77. The van der Waals surface area contributed by atoms with E-state index in [1.165, 1.54) is 49.6 Å². The van der Waals surface area contributed by atoms with E-state index in [1.54, 1.807) is 12.1 Å². The van der Waals surface area contributed by atoms with E-state index in [4.69, 9.17) is 5.26 Å². The first-order valence-electron chi connectivity index (χ1n) is 10.0. The first-order valence-corrected chi connectivity index (χ1v) is 10.8. The van der Waals surface area contributed by atoms with E-state index in [9.17, 15) is 17.6 Å². The Labute approximate surface area is 172 Å². The summed E-state index contributed by atoms with van der Waals surface area (Å²) in [6, 6.07) is 6.63. The Balaban J connectivity index is 1.53. The molecular formula is C23H21F4NS. The fourth-order valence-electron chi connectivity index (χ4n) is 4.48. The minimum Gasteiger partial charge on any atom is -0.203 e. The second-order valence-electron chi connectivity index (χ2n) is 8.17. The Hall–Kier alpha value is -2.00. The van der Waals surface area contributed by atoms with Crippen LogP contribution in [0.15, 0.2) is 29.2 Å². The minimum absolute atomic E-state index is 0.0650. The molecule has 2 aliphatic carbocycles. The molecule has 152 valence electrons. The molecule has 0 N–H and O–H groups in total. The number of thiocyanates is 1. The number of rotatable bonds is 5. The predicted molar refractivity (Wildman–Crippen MR) is 105 cm³/mol. The second-order valence-corrected chi connectivity index (χ2v) is 8.97. The van der Waals surface area contributed by atoms with Crippen molar-refractivity contribution in [2.24, 2.45) is 11.8 Å². The van der Waals surface area contributed by atoms with Crippen molar-refractivity contribution in [2.45, 2.75) is 55.8 Å². The van der Waals surface area contributed by atoms with Gasteiger partial charge in [0.15, 0.2) is 23.3 Å². The number of thioether (sulfide) groups is 1. The molecule has 29 heavy (non-hydrogen) atoms. The summed E-state index contributed by atoms with van der Waals surface area (Å²) in [4.78, 5) is -0.953. The SMILES string of the molecule is N#CSc1c(F)c(F)c(-c2ccc(C3CCC(CC4CC4)CC3)cc2)c(F)c1F. The lowest BCUT2D eigenvalue weighted by molar-refractivity contribution is 0.299. The van der Waals surface area contributed by atoms with Crippen molar-refractivity contribution < 1.29 is 17.6 Å². The maximum Gasteiger partial charge on any atom is 0.177 e. The smallest absolute Gasteiger partial charge is 0.177 e. The third kappa shape index (κ3) is 4.16. The number of nitriles is 1. The summed E-state index contributed by atoms with van der Waals surface area (Å²) in [5.41, 5.74) is 0.441. The maximum absolute atomic E-state index is 14.4.